The number of pyridine rings is 1. The number of nitrogens with zero attached hydrogens (tertiary/aromatic N) is 1. The summed E-state index contributed by atoms with van der Waals surface area (Å²) < 4.78 is 42.1. The highest BCUT2D eigenvalue weighted by atomic mass is 79.9. The second-order valence-corrected chi connectivity index (χ2v) is 3.52. The number of hydrogen-bond donors (Lipinski definition) is 0. The summed E-state index contributed by atoms with van der Waals surface area (Å²) in [5.41, 5.74) is -0.487. The fourth-order valence-electron chi connectivity index (χ4n) is 1.09. The minimum atomic E-state index is -4.39. The van der Waals surface area contributed by atoms with Gasteiger partial charge in [0.05, 0.1) is 12.7 Å². The molecule has 2 nitrogen and oxygen atoms in total. The highest BCUT2D eigenvalue weighted by molar-refractivity contribution is 9.09. The molecule has 16 heavy (non-hydrogen) atoms. The van der Waals surface area contributed by atoms with Crippen LogP contribution in [0.2, 0.25) is 0 Å². The zero-order chi connectivity index (χ0) is 12.2. The first kappa shape index (κ1) is 13.0. The Hall–Kier alpha value is -1.04. The van der Waals surface area contributed by atoms with E-state index in [0.717, 1.165) is 12.3 Å². The van der Waals surface area contributed by atoms with Crippen molar-refractivity contribution in [3.63, 3.8) is 0 Å². The Labute approximate surface area is 99.3 Å². The van der Waals surface area contributed by atoms with E-state index in [4.69, 9.17) is 4.74 Å². The molecule has 0 fully saturated rings. The summed E-state index contributed by atoms with van der Waals surface area (Å²) in [6, 6.07) is 1.00. The number of rotatable bonds is 3. The van der Waals surface area contributed by atoms with Crippen molar-refractivity contribution in [2.24, 2.45) is 0 Å². The minimum Gasteiger partial charge on any atom is -0.481 e. The van der Waals surface area contributed by atoms with Crippen LogP contribution in [-0.2, 0) is 6.18 Å². The van der Waals surface area contributed by atoms with Crippen molar-refractivity contribution < 1.29 is 17.9 Å². The van der Waals surface area contributed by atoms with Crippen LogP contribution < -0.4 is 4.74 Å². The van der Waals surface area contributed by atoms with Gasteiger partial charge < -0.3 is 4.74 Å². The van der Waals surface area contributed by atoms with Crippen molar-refractivity contribution in [3.8, 4) is 5.88 Å². The molecule has 1 aromatic heterocycles. The van der Waals surface area contributed by atoms with Crippen LogP contribution in [0.15, 0.2) is 18.3 Å². The summed E-state index contributed by atoms with van der Waals surface area (Å²) in [5, 5.41) is 0.548. The molecule has 6 heteroatoms. The topological polar surface area (TPSA) is 22.1 Å². The van der Waals surface area contributed by atoms with Gasteiger partial charge in [0.15, 0.2) is 0 Å². The van der Waals surface area contributed by atoms with Crippen LogP contribution >= 0.6 is 15.9 Å². The number of methoxy groups -OCH3 is 1. The quantitative estimate of drug-likeness (QED) is 0.796. The van der Waals surface area contributed by atoms with Crippen LogP contribution in [0.25, 0.3) is 6.08 Å². The summed E-state index contributed by atoms with van der Waals surface area (Å²) in [5.74, 6) is 0.171. The molecule has 0 N–H and O–H groups in total. The van der Waals surface area contributed by atoms with Crippen LogP contribution in [0.5, 0.6) is 5.88 Å². The maximum Gasteiger partial charge on any atom is 0.417 e. The summed E-state index contributed by atoms with van der Waals surface area (Å²) in [6.07, 6.45) is -0.448. The normalized spacial score (nSPS) is 12.1. The second kappa shape index (κ2) is 5.34. The van der Waals surface area contributed by atoms with E-state index in [9.17, 15) is 13.2 Å². The zero-order valence-corrected chi connectivity index (χ0v) is 9.97. The van der Waals surface area contributed by atoms with Crippen LogP contribution in [0, 0.1) is 0 Å². The van der Waals surface area contributed by atoms with Gasteiger partial charge in [0.25, 0.3) is 0 Å². The first-order valence-corrected chi connectivity index (χ1v) is 5.45. The van der Waals surface area contributed by atoms with E-state index in [1.807, 2.05) is 0 Å². The largest absolute Gasteiger partial charge is 0.481 e. The number of alkyl halides is 4. The van der Waals surface area contributed by atoms with Crippen molar-refractivity contribution in [2.75, 3.05) is 12.4 Å². The van der Waals surface area contributed by atoms with E-state index in [2.05, 4.69) is 20.9 Å². The SMILES string of the molecule is COc1ncc(C(F)(F)F)cc1C=CCBr. The summed E-state index contributed by atoms with van der Waals surface area (Å²) in [6.45, 7) is 0. The van der Waals surface area contributed by atoms with E-state index >= 15 is 0 Å². The van der Waals surface area contributed by atoms with Gasteiger partial charge in [0.1, 0.15) is 0 Å². The van der Waals surface area contributed by atoms with Crippen LogP contribution in [-0.4, -0.2) is 17.4 Å². The fraction of sp³-hybridized carbons (Fsp3) is 0.300. The molecule has 88 valence electrons. The lowest BCUT2D eigenvalue weighted by molar-refractivity contribution is -0.137. The molecule has 0 bridgehead atoms. The third kappa shape index (κ3) is 3.23. The molecule has 0 saturated heterocycles. The van der Waals surface area contributed by atoms with Gasteiger partial charge in [0.2, 0.25) is 5.88 Å². The fourth-order valence-corrected chi connectivity index (χ4v) is 1.27. The van der Waals surface area contributed by atoms with E-state index in [0.29, 0.717) is 10.9 Å². The third-order valence-electron chi connectivity index (χ3n) is 1.79. The van der Waals surface area contributed by atoms with Crippen molar-refractivity contribution in [3.05, 3.63) is 29.5 Å². The molecule has 0 atom stereocenters. The van der Waals surface area contributed by atoms with Crippen molar-refractivity contribution in [1.82, 2.24) is 4.98 Å². The number of hydrogen-bond acceptors (Lipinski definition) is 2. The van der Waals surface area contributed by atoms with Gasteiger partial charge in [-0.2, -0.15) is 13.2 Å². The molecule has 0 aliphatic carbocycles. The Morgan fingerprint density at radius 2 is 2.19 bits per heavy atom. The van der Waals surface area contributed by atoms with Crippen molar-refractivity contribution in [1.29, 1.82) is 0 Å². The lowest BCUT2D eigenvalue weighted by atomic mass is 10.2. The van der Waals surface area contributed by atoms with Crippen molar-refractivity contribution >= 4 is 22.0 Å². The Bertz CT molecular complexity index is 390. The number of halogens is 4. The molecular weight excluding hydrogens is 287 g/mol. The van der Waals surface area contributed by atoms with Crippen LogP contribution in [0.1, 0.15) is 11.1 Å². The summed E-state index contributed by atoms with van der Waals surface area (Å²) in [4.78, 5) is 3.61. The van der Waals surface area contributed by atoms with Crippen LogP contribution in [0.4, 0.5) is 13.2 Å². The maximum atomic E-state index is 12.4. The molecule has 0 saturated carbocycles. The molecule has 0 aliphatic heterocycles. The van der Waals surface area contributed by atoms with Gasteiger partial charge in [-0.3, -0.25) is 0 Å². The molecule has 1 aromatic rings. The molecule has 1 rings (SSSR count). The highest BCUT2D eigenvalue weighted by Gasteiger charge is 2.31. The Balaban J connectivity index is 3.16. The van der Waals surface area contributed by atoms with Gasteiger partial charge in [0, 0.05) is 17.1 Å². The van der Waals surface area contributed by atoms with E-state index in [1.165, 1.54) is 13.2 Å². The Kier molecular flexibility index (Phi) is 4.35. The minimum absolute atomic E-state index is 0.171. The van der Waals surface area contributed by atoms with Gasteiger partial charge in [-0.15, -0.1) is 0 Å². The van der Waals surface area contributed by atoms with Gasteiger partial charge in [-0.05, 0) is 6.07 Å². The summed E-state index contributed by atoms with van der Waals surface area (Å²) in [7, 11) is 1.36. The van der Waals surface area contributed by atoms with E-state index in [1.54, 1.807) is 6.08 Å². The lowest BCUT2D eigenvalue weighted by Gasteiger charge is -2.09. The maximum absolute atomic E-state index is 12.4. The monoisotopic (exact) mass is 295 g/mol. The smallest absolute Gasteiger partial charge is 0.417 e. The Morgan fingerprint density at radius 1 is 1.50 bits per heavy atom. The Morgan fingerprint density at radius 3 is 2.69 bits per heavy atom. The first-order chi connectivity index (χ1) is 7.49. The third-order valence-corrected chi connectivity index (χ3v) is 2.16. The number of aromatic nitrogens is 1. The van der Waals surface area contributed by atoms with Crippen LogP contribution in [0.3, 0.4) is 0 Å². The van der Waals surface area contributed by atoms with E-state index in [-0.39, 0.29) is 5.88 Å². The predicted octanol–water partition coefficient (Wildman–Crippen LogP) is 3.52. The van der Waals surface area contributed by atoms with Crippen molar-refractivity contribution in [2.45, 2.75) is 6.18 Å². The number of allylic oxidation sites excluding steroid dienone is 1. The average Bonchev–Trinajstić information content (AvgIpc) is 2.24. The zero-order valence-electron chi connectivity index (χ0n) is 8.38. The number of ether oxygens (including phenoxy) is 1. The first-order valence-electron chi connectivity index (χ1n) is 4.32. The van der Waals surface area contributed by atoms with Gasteiger partial charge in [-0.1, -0.05) is 28.1 Å². The van der Waals surface area contributed by atoms with E-state index < -0.39 is 11.7 Å². The molecule has 0 spiro atoms. The molecule has 0 radical (unpaired) electrons. The average molecular weight is 296 g/mol. The molecule has 0 aromatic carbocycles. The molecule has 0 aliphatic rings. The second-order valence-electron chi connectivity index (χ2n) is 2.88. The predicted molar refractivity (Wildman–Crippen MR) is 58.6 cm³/mol. The standard InChI is InChI=1S/C10H9BrF3NO/c1-16-9-7(3-2-4-11)5-8(6-15-9)10(12,13)14/h2-3,5-6H,4H2,1H3. The molecule has 0 amide bonds. The summed E-state index contributed by atoms with van der Waals surface area (Å²) >= 11 is 3.14. The lowest BCUT2D eigenvalue weighted by Crippen LogP contribution is -2.06. The molecular formula is C10H9BrF3NO. The van der Waals surface area contributed by atoms with Gasteiger partial charge in [-0.25, -0.2) is 4.98 Å². The highest BCUT2D eigenvalue weighted by Crippen LogP contribution is 2.31. The molecule has 1 heterocycles. The van der Waals surface area contributed by atoms with Gasteiger partial charge >= 0.3 is 6.18 Å². The molecule has 0 unspecified atom stereocenters.